The van der Waals surface area contributed by atoms with E-state index >= 15 is 0 Å². The van der Waals surface area contributed by atoms with E-state index in [-0.39, 0.29) is 17.7 Å². The van der Waals surface area contributed by atoms with Gasteiger partial charge in [0.1, 0.15) is 12.4 Å². The number of rotatable bonds is 7. The van der Waals surface area contributed by atoms with Gasteiger partial charge in [-0.15, -0.1) is 11.6 Å². The summed E-state index contributed by atoms with van der Waals surface area (Å²) >= 11 is 5.68. The number of benzene rings is 2. The lowest BCUT2D eigenvalue weighted by atomic mass is 10.2. The number of para-hydroxylation sites is 2. The van der Waals surface area contributed by atoms with E-state index in [1.165, 1.54) is 22.3 Å². The average Bonchev–Trinajstić information content (AvgIpc) is 3.72. The third-order valence-corrected chi connectivity index (χ3v) is 11.9. The minimum Gasteiger partial charge on any atom is -0.371 e. The van der Waals surface area contributed by atoms with E-state index in [2.05, 4.69) is 110 Å². The van der Waals surface area contributed by atoms with Gasteiger partial charge in [-0.3, -0.25) is 19.6 Å². The molecule has 0 radical (unpaired) electrons. The van der Waals surface area contributed by atoms with Gasteiger partial charge in [-0.2, -0.15) is 20.2 Å². The van der Waals surface area contributed by atoms with Crippen molar-refractivity contribution in [3.8, 4) is 0 Å². The van der Waals surface area contributed by atoms with Gasteiger partial charge in [0.25, 0.3) is 11.1 Å². The molecule has 59 heavy (non-hydrogen) atoms. The smallest absolute Gasteiger partial charge is 0.276 e. The number of anilines is 2. The van der Waals surface area contributed by atoms with Gasteiger partial charge < -0.3 is 18.8 Å². The van der Waals surface area contributed by atoms with Crippen LogP contribution < -0.4 is 20.9 Å². The number of nitrogens with one attached hydrogen (secondary N) is 1. The van der Waals surface area contributed by atoms with Gasteiger partial charge in [0.2, 0.25) is 11.8 Å². The summed E-state index contributed by atoms with van der Waals surface area (Å²) in [5.41, 5.74) is 3.37. The third-order valence-electron chi connectivity index (χ3n) is 11.7. The van der Waals surface area contributed by atoms with Crippen molar-refractivity contribution < 1.29 is 9.05 Å². The Labute approximate surface area is 340 Å². The Kier molecular flexibility index (Phi) is 9.60. The fraction of sp³-hybridized carbons (Fsp3) is 0.286. The SMILES string of the molecule is ClCc1nc(C2[C@H]3CN(c4ccccc4)C[C@@H]23)no1.O=c1[nH]ncc2ncccc12.O=c1c2cccnc2cnn1Cc1nc(C2[C@H]3CN(c4ccccc4)C[C@@H]23)no1. The molecular formula is C42H37ClN12O4. The number of hydrogen-bond acceptors (Lipinski definition) is 14. The van der Waals surface area contributed by atoms with Crippen molar-refractivity contribution in [2.24, 2.45) is 23.7 Å². The fourth-order valence-corrected chi connectivity index (χ4v) is 8.73. The van der Waals surface area contributed by atoms with Gasteiger partial charge in [0.15, 0.2) is 11.6 Å². The number of alkyl halides is 1. The van der Waals surface area contributed by atoms with Crippen LogP contribution in [0.5, 0.6) is 0 Å². The lowest BCUT2D eigenvalue weighted by molar-refractivity contribution is 0.358. The number of hydrogen-bond donors (Lipinski definition) is 1. The van der Waals surface area contributed by atoms with Gasteiger partial charge >= 0.3 is 0 Å². The number of aromatic amines is 1. The topological polar surface area (TPSA) is 191 Å². The number of fused-ring (bicyclic) bond motifs is 4. The zero-order valence-electron chi connectivity index (χ0n) is 31.5. The monoisotopic (exact) mass is 808 g/mol. The number of piperidine rings is 2. The Morgan fingerprint density at radius 2 is 1.17 bits per heavy atom. The first kappa shape index (κ1) is 36.5. The molecule has 0 spiro atoms. The highest BCUT2D eigenvalue weighted by Crippen LogP contribution is 2.58. The van der Waals surface area contributed by atoms with Crippen LogP contribution in [0.25, 0.3) is 21.8 Å². The van der Waals surface area contributed by atoms with Crippen LogP contribution in [0, 0.1) is 23.7 Å². The molecule has 2 saturated carbocycles. The van der Waals surface area contributed by atoms with Crippen molar-refractivity contribution in [1.82, 2.24) is 50.2 Å². The van der Waals surface area contributed by atoms with Crippen LogP contribution in [0.3, 0.4) is 0 Å². The molecule has 8 aromatic rings. The van der Waals surface area contributed by atoms with Crippen molar-refractivity contribution in [1.29, 1.82) is 0 Å². The predicted octanol–water partition coefficient (Wildman–Crippen LogP) is 5.05. The molecule has 16 nitrogen and oxygen atoms in total. The molecular weight excluding hydrogens is 772 g/mol. The molecule has 4 fully saturated rings. The van der Waals surface area contributed by atoms with Gasteiger partial charge in [-0.05, 0) is 72.2 Å². The summed E-state index contributed by atoms with van der Waals surface area (Å²) < 4.78 is 11.8. The van der Waals surface area contributed by atoms with Crippen LogP contribution in [0.1, 0.15) is 35.3 Å². The molecule has 2 saturated heterocycles. The number of aromatic nitrogens is 10. The fourth-order valence-electron chi connectivity index (χ4n) is 8.63. The van der Waals surface area contributed by atoms with Gasteiger partial charge in [-0.1, -0.05) is 46.7 Å². The average molecular weight is 809 g/mol. The van der Waals surface area contributed by atoms with E-state index in [1.807, 2.05) is 6.07 Å². The predicted molar refractivity (Wildman–Crippen MR) is 218 cm³/mol. The first-order valence-electron chi connectivity index (χ1n) is 19.4. The van der Waals surface area contributed by atoms with Crippen molar-refractivity contribution >= 4 is 44.8 Å². The van der Waals surface area contributed by atoms with Crippen molar-refractivity contribution in [3.05, 3.63) is 154 Å². The van der Waals surface area contributed by atoms with Gasteiger partial charge in [-0.25, -0.2) is 9.78 Å². The Morgan fingerprint density at radius 1 is 0.644 bits per heavy atom. The van der Waals surface area contributed by atoms with E-state index in [1.54, 1.807) is 42.9 Å². The molecule has 0 bridgehead atoms. The van der Waals surface area contributed by atoms with E-state index in [4.69, 9.17) is 20.6 Å². The molecule has 4 aliphatic rings. The standard InChI is InChI=1S/C21H18N6O2.C14H14ClN3O.C7H5N3O/c28-21-14-7-4-8-22-17(14)9-23-27(21)12-18-24-20(25-29-18)19-15-10-26(11-16(15)19)13-5-2-1-3-6-13;15-6-12-16-14(17-19-12)13-10-7-18(8-11(10)13)9-4-2-1-3-5-9;11-7-5-2-1-3-8-6(5)4-9-10-7/h1-9,15-16,19H,10-12H2;1-5,10-11,13H,6-8H2;1-4H,(H,10,11)/t15-,16+,19?;10-,11+,13?;. The largest absolute Gasteiger partial charge is 0.371 e. The van der Waals surface area contributed by atoms with E-state index in [9.17, 15) is 9.59 Å². The van der Waals surface area contributed by atoms with E-state index in [0.717, 1.165) is 37.8 Å². The summed E-state index contributed by atoms with van der Waals surface area (Å²) in [4.78, 5) is 45.5. The van der Waals surface area contributed by atoms with Crippen molar-refractivity contribution in [2.45, 2.75) is 24.3 Å². The van der Waals surface area contributed by atoms with Crippen LogP contribution in [0.4, 0.5) is 11.4 Å². The lowest BCUT2D eigenvalue weighted by Crippen LogP contribution is -2.24. The molecule has 6 atom stereocenters. The van der Waals surface area contributed by atoms with Crippen LogP contribution in [0.2, 0.25) is 0 Å². The summed E-state index contributed by atoms with van der Waals surface area (Å²) in [6.07, 6.45) is 6.38. The van der Waals surface area contributed by atoms with Gasteiger partial charge in [0, 0.05) is 61.8 Å². The zero-order valence-corrected chi connectivity index (χ0v) is 32.3. The minimum absolute atomic E-state index is 0.162. The zero-order chi connectivity index (χ0) is 39.9. The molecule has 2 unspecified atom stereocenters. The number of halogens is 1. The molecule has 8 heterocycles. The Balaban J connectivity index is 0.000000120. The summed E-state index contributed by atoms with van der Waals surface area (Å²) in [6, 6.07) is 27.9. The summed E-state index contributed by atoms with van der Waals surface area (Å²) in [7, 11) is 0. The summed E-state index contributed by atoms with van der Waals surface area (Å²) in [5, 5.41) is 19.4. The highest BCUT2D eigenvalue weighted by Gasteiger charge is 2.59. The van der Waals surface area contributed by atoms with Crippen LogP contribution in [-0.2, 0) is 12.4 Å². The van der Waals surface area contributed by atoms with Crippen LogP contribution in [-0.4, -0.2) is 76.4 Å². The minimum atomic E-state index is -0.211. The second-order valence-corrected chi connectivity index (χ2v) is 15.4. The molecule has 2 aliphatic carbocycles. The highest BCUT2D eigenvalue weighted by atomic mass is 35.5. The Bertz CT molecular complexity index is 2820. The highest BCUT2D eigenvalue weighted by molar-refractivity contribution is 6.16. The molecule has 2 aliphatic heterocycles. The normalized spacial score (nSPS) is 22.3. The van der Waals surface area contributed by atoms with E-state index < -0.39 is 0 Å². The quantitative estimate of drug-likeness (QED) is 0.211. The Morgan fingerprint density at radius 3 is 1.71 bits per heavy atom. The molecule has 2 aromatic carbocycles. The molecule has 1 N–H and O–H groups in total. The maximum Gasteiger partial charge on any atom is 0.276 e. The van der Waals surface area contributed by atoms with Crippen LogP contribution in [0.15, 0.2) is 128 Å². The van der Waals surface area contributed by atoms with Crippen molar-refractivity contribution in [3.63, 3.8) is 0 Å². The number of nitrogens with zero attached hydrogens (tertiary/aromatic N) is 11. The molecule has 0 amide bonds. The third kappa shape index (κ3) is 7.31. The first-order chi connectivity index (χ1) is 29.0. The van der Waals surface area contributed by atoms with Crippen molar-refractivity contribution in [2.75, 3.05) is 36.0 Å². The second kappa shape index (κ2) is 15.5. The van der Waals surface area contributed by atoms with E-state index in [0.29, 0.717) is 75.0 Å². The maximum atomic E-state index is 12.6. The lowest BCUT2D eigenvalue weighted by Gasteiger charge is -2.21. The van der Waals surface area contributed by atoms with Crippen LogP contribution >= 0.6 is 11.6 Å². The molecule has 6 aromatic heterocycles. The summed E-state index contributed by atoms with van der Waals surface area (Å²) in [6.45, 7) is 4.37. The number of pyridine rings is 2. The molecule has 12 rings (SSSR count). The summed E-state index contributed by atoms with van der Waals surface area (Å²) in [5.74, 6) is 6.11. The maximum absolute atomic E-state index is 12.6. The second-order valence-electron chi connectivity index (χ2n) is 15.1. The number of H-pyrrole nitrogens is 1. The molecule has 17 heteroatoms. The van der Waals surface area contributed by atoms with Gasteiger partial charge in [0.05, 0.1) is 34.2 Å². The Hall–Kier alpha value is -6.81. The first-order valence-corrected chi connectivity index (χ1v) is 20.0. The molecule has 296 valence electrons.